The Labute approximate surface area is 201 Å². The number of rotatable bonds is 12. The number of likely N-dealkylation sites (tertiary alicyclic amines) is 1. The normalized spacial score (nSPS) is 18.0. The molecule has 1 amide bonds. The van der Waals surface area contributed by atoms with Crippen LogP contribution in [0, 0.1) is 11.8 Å². The predicted octanol–water partition coefficient (Wildman–Crippen LogP) is 4.11. The molecule has 1 aliphatic rings. The largest absolute Gasteiger partial charge is 0.494 e. The van der Waals surface area contributed by atoms with Gasteiger partial charge in [0.1, 0.15) is 17.4 Å². The van der Waals surface area contributed by atoms with Gasteiger partial charge in [0.05, 0.1) is 25.9 Å². The van der Waals surface area contributed by atoms with Crippen LogP contribution in [-0.2, 0) is 14.3 Å². The van der Waals surface area contributed by atoms with Crippen LogP contribution in [0.25, 0.3) is 0 Å². The van der Waals surface area contributed by atoms with Gasteiger partial charge in [0.25, 0.3) is 5.91 Å². The second-order valence-electron chi connectivity index (χ2n) is 8.70. The van der Waals surface area contributed by atoms with E-state index in [1.54, 1.807) is 24.3 Å². The lowest BCUT2D eigenvalue weighted by Crippen LogP contribution is -2.33. The van der Waals surface area contributed by atoms with Gasteiger partial charge in [0.2, 0.25) is 5.78 Å². The van der Waals surface area contributed by atoms with Gasteiger partial charge in [-0.1, -0.05) is 26.0 Å². The zero-order valence-corrected chi connectivity index (χ0v) is 20.3. The van der Waals surface area contributed by atoms with Crippen molar-refractivity contribution in [1.29, 1.82) is 0 Å². The maximum atomic E-state index is 13.5. The minimum atomic E-state index is -1.15. The lowest BCUT2D eigenvalue weighted by atomic mass is 9.86. The molecule has 2 unspecified atom stereocenters. The van der Waals surface area contributed by atoms with Crippen molar-refractivity contribution in [2.45, 2.75) is 33.2 Å². The molecular weight excluding hydrogens is 434 g/mol. The van der Waals surface area contributed by atoms with E-state index in [0.717, 1.165) is 6.42 Å². The number of ketones is 2. The number of methoxy groups -OCH3 is 1. The van der Waals surface area contributed by atoms with Gasteiger partial charge in [-0.3, -0.25) is 14.4 Å². The Kier molecular flexibility index (Phi) is 8.82. The second-order valence-corrected chi connectivity index (χ2v) is 8.70. The highest BCUT2D eigenvalue weighted by Gasteiger charge is 2.51. The third-order valence-corrected chi connectivity index (χ3v) is 5.84. The van der Waals surface area contributed by atoms with E-state index in [-0.39, 0.29) is 13.2 Å². The maximum Gasteiger partial charge on any atom is 0.291 e. The summed E-state index contributed by atoms with van der Waals surface area (Å²) in [6, 6.07) is 13.2. The Balaban J connectivity index is 1.94. The van der Waals surface area contributed by atoms with Crippen LogP contribution in [-0.4, -0.2) is 55.8 Å². The Morgan fingerprint density at radius 2 is 1.74 bits per heavy atom. The van der Waals surface area contributed by atoms with E-state index in [0.29, 0.717) is 41.8 Å². The summed E-state index contributed by atoms with van der Waals surface area (Å²) in [6.07, 6.45) is 0.906. The van der Waals surface area contributed by atoms with E-state index in [4.69, 9.17) is 14.2 Å². The molecule has 0 spiro atoms. The molecule has 2 aromatic carbocycles. The summed E-state index contributed by atoms with van der Waals surface area (Å²) in [5, 5.41) is 0. The Morgan fingerprint density at radius 3 is 2.38 bits per heavy atom. The standard InChI is InChI=1S/C27H33NO6/c1-5-33-21-11-9-19(10-12-21)25(29)23-24(28(14-16-32-4)27(31)26(23)30)20-7-6-8-22(17-20)34-15-13-18(2)3/h6-12,17-18,23-24H,5,13-16H2,1-4H3. The fourth-order valence-corrected chi connectivity index (χ4v) is 4.05. The molecule has 1 heterocycles. The number of carbonyl (C=O) groups is 3. The zero-order chi connectivity index (χ0) is 24.7. The molecule has 7 nitrogen and oxygen atoms in total. The quantitative estimate of drug-likeness (QED) is 0.265. The lowest BCUT2D eigenvalue weighted by molar-refractivity contribution is -0.141. The highest BCUT2D eigenvalue weighted by molar-refractivity contribution is 6.44. The zero-order valence-electron chi connectivity index (χ0n) is 20.3. The molecule has 1 aliphatic heterocycles. The predicted molar refractivity (Wildman–Crippen MR) is 128 cm³/mol. The van der Waals surface area contributed by atoms with Crippen molar-refractivity contribution < 1.29 is 28.6 Å². The molecule has 2 atom stereocenters. The molecule has 0 aliphatic carbocycles. The number of Topliss-reactive ketones (excluding diaryl/α,β-unsaturated/α-hetero) is 2. The average molecular weight is 468 g/mol. The number of ether oxygens (including phenoxy) is 3. The summed E-state index contributed by atoms with van der Waals surface area (Å²) < 4.78 is 16.5. The summed E-state index contributed by atoms with van der Waals surface area (Å²) >= 11 is 0. The summed E-state index contributed by atoms with van der Waals surface area (Å²) in [6.45, 7) is 7.66. The van der Waals surface area contributed by atoms with Crippen molar-refractivity contribution in [3.63, 3.8) is 0 Å². The molecule has 34 heavy (non-hydrogen) atoms. The first-order chi connectivity index (χ1) is 16.4. The lowest BCUT2D eigenvalue weighted by Gasteiger charge is -2.27. The minimum absolute atomic E-state index is 0.206. The number of amides is 1. The van der Waals surface area contributed by atoms with Crippen LogP contribution in [0.15, 0.2) is 48.5 Å². The average Bonchev–Trinajstić information content (AvgIpc) is 3.08. The first kappa shape index (κ1) is 25.4. The van der Waals surface area contributed by atoms with Crippen molar-refractivity contribution in [1.82, 2.24) is 4.90 Å². The first-order valence-corrected chi connectivity index (χ1v) is 11.7. The number of hydrogen-bond acceptors (Lipinski definition) is 6. The van der Waals surface area contributed by atoms with Crippen LogP contribution < -0.4 is 9.47 Å². The van der Waals surface area contributed by atoms with Crippen molar-refractivity contribution in [3.05, 3.63) is 59.7 Å². The molecule has 182 valence electrons. The number of carbonyl (C=O) groups excluding carboxylic acids is 3. The Hall–Kier alpha value is -3.19. The monoisotopic (exact) mass is 467 g/mol. The van der Waals surface area contributed by atoms with Crippen LogP contribution >= 0.6 is 0 Å². The van der Waals surface area contributed by atoms with Crippen LogP contribution in [0.5, 0.6) is 11.5 Å². The van der Waals surface area contributed by atoms with Gasteiger partial charge in [0, 0.05) is 19.2 Å². The van der Waals surface area contributed by atoms with Crippen LogP contribution in [0.3, 0.4) is 0 Å². The third-order valence-electron chi connectivity index (χ3n) is 5.84. The highest BCUT2D eigenvalue weighted by atomic mass is 16.5. The molecule has 7 heteroatoms. The maximum absolute atomic E-state index is 13.5. The fourth-order valence-electron chi connectivity index (χ4n) is 4.05. The molecule has 2 aromatic rings. The SMILES string of the molecule is CCOc1ccc(C(=O)C2C(=O)C(=O)N(CCOC)C2c2cccc(OCCC(C)C)c2)cc1. The summed E-state index contributed by atoms with van der Waals surface area (Å²) in [5.74, 6) is -1.12. The Bertz CT molecular complexity index is 1000. The molecule has 1 saturated heterocycles. The van der Waals surface area contributed by atoms with E-state index in [9.17, 15) is 14.4 Å². The molecule has 1 fully saturated rings. The topological polar surface area (TPSA) is 82.1 Å². The van der Waals surface area contributed by atoms with Crippen molar-refractivity contribution in [2.24, 2.45) is 11.8 Å². The summed E-state index contributed by atoms with van der Waals surface area (Å²) in [7, 11) is 1.53. The smallest absolute Gasteiger partial charge is 0.291 e. The van der Waals surface area contributed by atoms with E-state index in [1.807, 2.05) is 31.2 Å². The number of hydrogen-bond donors (Lipinski definition) is 0. The highest BCUT2D eigenvalue weighted by Crippen LogP contribution is 2.39. The molecule has 0 N–H and O–H groups in total. The first-order valence-electron chi connectivity index (χ1n) is 11.7. The van der Waals surface area contributed by atoms with Crippen LogP contribution in [0.1, 0.15) is 49.2 Å². The Morgan fingerprint density at radius 1 is 1.00 bits per heavy atom. The van der Waals surface area contributed by atoms with Crippen LogP contribution in [0.4, 0.5) is 0 Å². The van der Waals surface area contributed by atoms with Crippen molar-refractivity contribution in [3.8, 4) is 11.5 Å². The second kappa shape index (κ2) is 11.8. The van der Waals surface area contributed by atoms with Gasteiger partial charge >= 0.3 is 0 Å². The van der Waals surface area contributed by atoms with E-state index in [2.05, 4.69) is 13.8 Å². The molecule has 3 rings (SSSR count). The van der Waals surface area contributed by atoms with Gasteiger partial charge in [-0.05, 0) is 61.2 Å². The van der Waals surface area contributed by atoms with Gasteiger partial charge in [0.15, 0.2) is 5.78 Å². The van der Waals surface area contributed by atoms with Gasteiger partial charge in [-0.15, -0.1) is 0 Å². The molecular formula is C27H33NO6. The molecule has 0 bridgehead atoms. The molecule has 0 saturated carbocycles. The molecule has 0 aromatic heterocycles. The molecule has 0 radical (unpaired) electrons. The summed E-state index contributed by atoms with van der Waals surface area (Å²) in [5.41, 5.74) is 1.04. The van der Waals surface area contributed by atoms with Crippen LogP contribution in [0.2, 0.25) is 0 Å². The number of nitrogens with zero attached hydrogens (tertiary/aromatic N) is 1. The third kappa shape index (κ3) is 5.83. The van der Waals surface area contributed by atoms with E-state index in [1.165, 1.54) is 12.0 Å². The number of benzene rings is 2. The van der Waals surface area contributed by atoms with Crippen molar-refractivity contribution in [2.75, 3.05) is 33.5 Å². The fraction of sp³-hybridized carbons (Fsp3) is 0.444. The van der Waals surface area contributed by atoms with Gasteiger partial charge in [-0.2, -0.15) is 0 Å². The van der Waals surface area contributed by atoms with Crippen molar-refractivity contribution >= 4 is 17.5 Å². The van der Waals surface area contributed by atoms with E-state index >= 15 is 0 Å². The summed E-state index contributed by atoms with van der Waals surface area (Å²) in [4.78, 5) is 40.9. The van der Waals surface area contributed by atoms with E-state index < -0.39 is 29.4 Å². The minimum Gasteiger partial charge on any atom is -0.494 e. The van der Waals surface area contributed by atoms with Gasteiger partial charge in [-0.25, -0.2) is 0 Å². The van der Waals surface area contributed by atoms with Gasteiger partial charge < -0.3 is 19.1 Å².